The Morgan fingerprint density at radius 2 is 2.00 bits per heavy atom. The number of aromatic nitrogens is 2. The van der Waals surface area contributed by atoms with Gasteiger partial charge in [-0.3, -0.25) is 4.79 Å². The maximum Gasteiger partial charge on any atom is 0.271 e. The molecule has 0 bridgehead atoms. The van der Waals surface area contributed by atoms with Gasteiger partial charge in [-0.2, -0.15) is 5.10 Å². The van der Waals surface area contributed by atoms with E-state index >= 15 is 0 Å². The number of nitrogens with two attached hydrogens (primary N) is 1. The van der Waals surface area contributed by atoms with Gasteiger partial charge in [-0.1, -0.05) is 17.7 Å². The third kappa shape index (κ3) is 2.19. The monoisotopic (exact) mass is 243 g/mol. The van der Waals surface area contributed by atoms with Crippen molar-refractivity contribution in [1.82, 2.24) is 9.78 Å². The van der Waals surface area contributed by atoms with E-state index in [9.17, 15) is 4.79 Å². The van der Waals surface area contributed by atoms with Crippen molar-refractivity contribution in [2.75, 3.05) is 0 Å². The molecule has 18 heavy (non-hydrogen) atoms. The van der Waals surface area contributed by atoms with Crippen molar-refractivity contribution in [3.8, 4) is 11.3 Å². The average Bonchev–Trinajstić information content (AvgIpc) is 2.35. The summed E-state index contributed by atoms with van der Waals surface area (Å²) in [5.74, 6) is 0. The van der Waals surface area contributed by atoms with E-state index in [0.29, 0.717) is 5.56 Å². The van der Waals surface area contributed by atoms with Gasteiger partial charge in [0.15, 0.2) is 0 Å². The van der Waals surface area contributed by atoms with Crippen molar-refractivity contribution >= 4 is 0 Å². The van der Waals surface area contributed by atoms with E-state index in [1.165, 1.54) is 10.2 Å². The normalized spacial score (nSPS) is 10.7. The first-order valence-electron chi connectivity index (χ1n) is 5.88. The molecular formula is C14H17N3O. The van der Waals surface area contributed by atoms with E-state index in [1.807, 2.05) is 13.8 Å². The van der Waals surface area contributed by atoms with Crippen LogP contribution in [0.15, 0.2) is 29.1 Å². The summed E-state index contributed by atoms with van der Waals surface area (Å²) in [6.07, 6.45) is 0. The van der Waals surface area contributed by atoms with Crippen LogP contribution in [0, 0.1) is 13.8 Å². The topological polar surface area (TPSA) is 60.9 Å². The molecule has 0 saturated carbocycles. The summed E-state index contributed by atoms with van der Waals surface area (Å²) in [7, 11) is 1.65. The molecule has 0 unspecified atom stereocenters. The summed E-state index contributed by atoms with van der Waals surface area (Å²) in [5, 5.41) is 4.30. The summed E-state index contributed by atoms with van der Waals surface area (Å²) < 4.78 is 1.35. The zero-order chi connectivity index (χ0) is 13.3. The Morgan fingerprint density at radius 1 is 1.28 bits per heavy atom. The molecule has 4 heteroatoms. The van der Waals surface area contributed by atoms with Crippen LogP contribution >= 0.6 is 0 Å². The Labute approximate surface area is 106 Å². The first-order chi connectivity index (χ1) is 8.52. The fraction of sp³-hybridized carbons (Fsp3) is 0.286. The van der Waals surface area contributed by atoms with Gasteiger partial charge >= 0.3 is 0 Å². The van der Waals surface area contributed by atoms with Crippen LogP contribution in [-0.2, 0) is 13.6 Å². The first kappa shape index (κ1) is 12.5. The number of hydrogen-bond acceptors (Lipinski definition) is 3. The second-order valence-corrected chi connectivity index (χ2v) is 4.51. The highest BCUT2D eigenvalue weighted by molar-refractivity contribution is 5.64. The van der Waals surface area contributed by atoms with Crippen molar-refractivity contribution in [3.05, 3.63) is 51.3 Å². The fourth-order valence-electron chi connectivity index (χ4n) is 1.96. The summed E-state index contributed by atoms with van der Waals surface area (Å²) in [5.41, 5.74) is 10.2. The lowest BCUT2D eigenvalue weighted by atomic mass is 10.0. The summed E-state index contributed by atoms with van der Waals surface area (Å²) >= 11 is 0. The fourth-order valence-corrected chi connectivity index (χ4v) is 1.96. The third-order valence-corrected chi connectivity index (χ3v) is 3.03. The molecule has 1 aromatic carbocycles. The molecule has 94 valence electrons. The number of rotatable bonds is 2. The molecule has 0 radical (unpaired) electrons. The van der Waals surface area contributed by atoms with Gasteiger partial charge in [0.1, 0.15) is 0 Å². The summed E-state index contributed by atoms with van der Waals surface area (Å²) in [6.45, 7) is 4.30. The van der Waals surface area contributed by atoms with Crippen LogP contribution in [0.1, 0.15) is 16.7 Å². The van der Waals surface area contributed by atoms with Crippen LogP contribution in [0.2, 0.25) is 0 Å². The molecule has 1 aromatic heterocycles. The molecular weight excluding hydrogens is 226 g/mol. The van der Waals surface area contributed by atoms with Crippen LogP contribution in [0.25, 0.3) is 11.3 Å². The Hall–Kier alpha value is -1.94. The van der Waals surface area contributed by atoms with Gasteiger partial charge < -0.3 is 5.73 Å². The van der Waals surface area contributed by atoms with Gasteiger partial charge in [-0.05, 0) is 31.5 Å². The Balaban J connectivity index is 2.68. The van der Waals surface area contributed by atoms with Gasteiger partial charge in [0, 0.05) is 24.7 Å². The minimum absolute atomic E-state index is 0.133. The maximum absolute atomic E-state index is 11.8. The first-order valence-corrected chi connectivity index (χ1v) is 5.88. The number of nitrogens with zero attached hydrogens (tertiary/aromatic N) is 2. The predicted octanol–water partition coefficient (Wildman–Crippen LogP) is 1.52. The largest absolute Gasteiger partial charge is 0.326 e. The van der Waals surface area contributed by atoms with Gasteiger partial charge in [-0.15, -0.1) is 0 Å². The van der Waals surface area contributed by atoms with Gasteiger partial charge in [-0.25, -0.2) is 4.68 Å². The van der Waals surface area contributed by atoms with E-state index in [4.69, 9.17) is 5.73 Å². The smallest absolute Gasteiger partial charge is 0.271 e. The Morgan fingerprint density at radius 3 is 2.67 bits per heavy atom. The molecule has 0 saturated heterocycles. The Bertz CT molecular complexity index is 644. The molecule has 4 nitrogen and oxygen atoms in total. The van der Waals surface area contributed by atoms with E-state index in [-0.39, 0.29) is 12.1 Å². The van der Waals surface area contributed by atoms with Crippen LogP contribution in [-0.4, -0.2) is 9.78 Å². The van der Waals surface area contributed by atoms with Crippen molar-refractivity contribution in [3.63, 3.8) is 0 Å². The minimum Gasteiger partial charge on any atom is -0.326 e. The van der Waals surface area contributed by atoms with Crippen molar-refractivity contribution in [2.24, 2.45) is 12.8 Å². The zero-order valence-corrected chi connectivity index (χ0v) is 10.9. The van der Waals surface area contributed by atoms with Gasteiger partial charge in [0.2, 0.25) is 0 Å². The van der Waals surface area contributed by atoms with Crippen LogP contribution in [0.4, 0.5) is 0 Å². The zero-order valence-electron chi connectivity index (χ0n) is 10.9. The van der Waals surface area contributed by atoms with E-state index in [2.05, 4.69) is 23.3 Å². The molecule has 0 amide bonds. The molecule has 2 N–H and O–H groups in total. The molecule has 2 aromatic rings. The molecule has 1 heterocycles. The third-order valence-electron chi connectivity index (χ3n) is 3.03. The second-order valence-electron chi connectivity index (χ2n) is 4.51. The SMILES string of the molecule is Cc1ccc(C)c(-c2cc(CN)c(=O)n(C)n2)c1. The van der Waals surface area contributed by atoms with E-state index in [1.54, 1.807) is 13.1 Å². The van der Waals surface area contributed by atoms with Crippen LogP contribution < -0.4 is 11.3 Å². The number of aryl methyl sites for hydroxylation is 3. The minimum atomic E-state index is -0.133. The quantitative estimate of drug-likeness (QED) is 0.870. The van der Waals surface area contributed by atoms with E-state index in [0.717, 1.165) is 16.8 Å². The molecule has 0 aliphatic rings. The molecule has 2 rings (SSSR count). The maximum atomic E-state index is 11.8. The molecule has 0 atom stereocenters. The van der Waals surface area contributed by atoms with E-state index < -0.39 is 0 Å². The second kappa shape index (κ2) is 4.74. The standard InChI is InChI=1S/C14H17N3O/c1-9-4-5-10(2)12(6-9)13-7-11(8-15)14(18)17(3)16-13/h4-7H,8,15H2,1-3H3. The Kier molecular flexibility index (Phi) is 3.30. The number of benzene rings is 1. The predicted molar refractivity (Wildman–Crippen MR) is 72.3 cm³/mol. The lowest BCUT2D eigenvalue weighted by Gasteiger charge is -2.09. The van der Waals surface area contributed by atoms with Crippen molar-refractivity contribution in [2.45, 2.75) is 20.4 Å². The summed E-state index contributed by atoms with van der Waals surface area (Å²) in [4.78, 5) is 11.8. The van der Waals surface area contributed by atoms with Crippen LogP contribution in [0.3, 0.4) is 0 Å². The molecule has 0 spiro atoms. The molecule has 0 aliphatic carbocycles. The van der Waals surface area contributed by atoms with Gasteiger partial charge in [0.05, 0.1) is 5.69 Å². The molecule has 0 fully saturated rings. The van der Waals surface area contributed by atoms with Crippen molar-refractivity contribution < 1.29 is 0 Å². The van der Waals surface area contributed by atoms with Crippen molar-refractivity contribution in [1.29, 1.82) is 0 Å². The van der Waals surface area contributed by atoms with Gasteiger partial charge in [0.25, 0.3) is 5.56 Å². The highest BCUT2D eigenvalue weighted by atomic mass is 16.1. The average molecular weight is 243 g/mol. The summed E-state index contributed by atoms with van der Waals surface area (Å²) in [6, 6.07) is 7.97. The highest BCUT2D eigenvalue weighted by Crippen LogP contribution is 2.22. The number of hydrogen-bond donors (Lipinski definition) is 1. The lowest BCUT2D eigenvalue weighted by Crippen LogP contribution is -2.25. The van der Waals surface area contributed by atoms with Crippen LogP contribution in [0.5, 0.6) is 0 Å². The highest BCUT2D eigenvalue weighted by Gasteiger charge is 2.09. The molecule has 0 aliphatic heterocycles. The lowest BCUT2D eigenvalue weighted by molar-refractivity contribution is 0.697.